The van der Waals surface area contributed by atoms with Crippen molar-refractivity contribution in [1.82, 2.24) is 5.32 Å². The van der Waals surface area contributed by atoms with Gasteiger partial charge in [-0.15, -0.1) is 0 Å². The average molecular weight is 332 g/mol. The van der Waals surface area contributed by atoms with Crippen LogP contribution in [0.15, 0.2) is 23.4 Å². The van der Waals surface area contributed by atoms with Gasteiger partial charge < -0.3 is 19.6 Å². The number of rotatable bonds is 5. The lowest BCUT2D eigenvalue weighted by Gasteiger charge is -2.23. The van der Waals surface area contributed by atoms with Crippen molar-refractivity contribution in [1.29, 1.82) is 0 Å². The monoisotopic (exact) mass is 332 g/mol. The molecule has 1 heterocycles. The van der Waals surface area contributed by atoms with Crippen molar-refractivity contribution in [3.05, 3.63) is 23.8 Å². The average Bonchev–Trinajstić information content (AvgIpc) is 3.12. The van der Waals surface area contributed by atoms with Crippen LogP contribution in [0.2, 0.25) is 0 Å². The van der Waals surface area contributed by atoms with Crippen LogP contribution in [0.5, 0.6) is 11.5 Å². The van der Waals surface area contributed by atoms with Gasteiger partial charge in [-0.05, 0) is 31.0 Å². The summed E-state index contributed by atoms with van der Waals surface area (Å²) in [6.45, 7) is 0. The first-order valence-electron chi connectivity index (χ1n) is 8.46. The van der Waals surface area contributed by atoms with Crippen molar-refractivity contribution in [3.63, 3.8) is 0 Å². The third kappa shape index (κ3) is 3.63. The molecule has 1 aliphatic carbocycles. The fraction of sp³-hybridized carbons (Fsp3) is 0.556. The summed E-state index contributed by atoms with van der Waals surface area (Å²) in [5, 5.41) is 7.20. The number of amides is 1. The SMILES string of the molecule is COc1ccc(OC)c(C2=NOC(C(=O)NC3CCCCC3)C2)c1. The zero-order valence-corrected chi connectivity index (χ0v) is 14.2. The molecule has 1 amide bonds. The largest absolute Gasteiger partial charge is 0.497 e. The van der Waals surface area contributed by atoms with Crippen molar-refractivity contribution in [2.24, 2.45) is 5.16 Å². The van der Waals surface area contributed by atoms with Crippen molar-refractivity contribution in [3.8, 4) is 11.5 Å². The van der Waals surface area contributed by atoms with Crippen LogP contribution in [0.3, 0.4) is 0 Å². The van der Waals surface area contributed by atoms with Crippen LogP contribution in [0.4, 0.5) is 0 Å². The smallest absolute Gasteiger partial charge is 0.264 e. The number of hydrogen-bond donors (Lipinski definition) is 1. The molecule has 2 aliphatic rings. The molecule has 6 nitrogen and oxygen atoms in total. The number of benzene rings is 1. The lowest BCUT2D eigenvalue weighted by atomic mass is 9.95. The Morgan fingerprint density at radius 2 is 2.00 bits per heavy atom. The summed E-state index contributed by atoms with van der Waals surface area (Å²) >= 11 is 0. The number of carbonyl (C=O) groups excluding carboxylic acids is 1. The number of hydrogen-bond acceptors (Lipinski definition) is 5. The molecule has 0 spiro atoms. The van der Waals surface area contributed by atoms with Gasteiger partial charge in [-0.3, -0.25) is 4.79 Å². The summed E-state index contributed by atoms with van der Waals surface area (Å²) in [7, 11) is 3.22. The van der Waals surface area contributed by atoms with Gasteiger partial charge in [0.15, 0.2) is 0 Å². The molecule has 0 radical (unpaired) electrons. The molecule has 24 heavy (non-hydrogen) atoms. The topological polar surface area (TPSA) is 69.1 Å². The normalized spacial score (nSPS) is 20.9. The number of ether oxygens (including phenoxy) is 2. The molecule has 0 saturated heterocycles. The van der Waals surface area contributed by atoms with E-state index in [4.69, 9.17) is 14.3 Å². The van der Waals surface area contributed by atoms with Crippen molar-refractivity contribution in [2.75, 3.05) is 14.2 Å². The second kappa shape index (κ2) is 7.55. The Morgan fingerprint density at radius 3 is 2.71 bits per heavy atom. The predicted octanol–water partition coefficient (Wildman–Crippen LogP) is 2.65. The predicted molar refractivity (Wildman–Crippen MR) is 90.6 cm³/mol. The van der Waals surface area contributed by atoms with Crippen LogP contribution >= 0.6 is 0 Å². The quantitative estimate of drug-likeness (QED) is 0.900. The lowest BCUT2D eigenvalue weighted by molar-refractivity contribution is -0.132. The Morgan fingerprint density at radius 1 is 1.21 bits per heavy atom. The fourth-order valence-corrected chi connectivity index (χ4v) is 3.26. The molecule has 130 valence electrons. The first-order valence-corrected chi connectivity index (χ1v) is 8.46. The van der Waals surface area contributed by atoms with E-state index in [-0.39, 0.29) is 11.9 Å². The minimum absolute atomic E-state index is 0.0810. The number of nitrogens with zero attached hydrogens (tertiary/aromatic N) is 1. The molecule has 6 heteroatoms. The first kappa shape index (κ1) is 16.6. The molecule has 1 fully saturated rings. The molecule has 1 N–H and O–H groups in total. The summed E-state index contributed by atoms with van der Waals surface area (Å²) in [6, 6.07) is 5.77. The van der Waals surface area contributed by atoms with Crippen LogP contribution in [-0.2, 0) is 9.63 Å². The number of carbonyl (C=O) groups is 1. The van der Waals surface area contributed by atoms with Gasteiger partial charge in [-0.25, -0.2) is 0 Å². The molecule has 0 bridgehead atoms. The summed E-state index contributed by atoms with van der Waals surface area (Å²) < 4.78 is 10.6. The fourth-order valence-electron chi connectivity index (χ4n) is 3.26. The molecule has 1 unspecified atom stereocenters. The highest BCUT2D eigenvalue weighted by Gasteiger charge is 2.31. The Kier molecular flexibility index (Phi) is 5.23. The maximum atomic E-state index is 12.4. The molecule has 1 saturated carbocycles. The van der Waals surface area contributed by atoms with Gasteiger partial charge >= 0.3 is 0 Å². The molecular weight excluding hydrogens is 308 g/mol. The van der Waals surface area contributed by atoms with Crippen LogP contribution in [-0.4, -0.2) is 38.0 Å². The molecule has 1 aliphatic heterocycles. The third-order valence-electron chi connectivity index (χ3n) is 4.63. The molecule has 1 aromatic carbocycles. The Hall–Kier alpha value is -2.24. The zero-order chi connectivity index (χ0) is 16.9. The number of nitrogens with one attached hydrogen (secondary N) is 1. The van der Waals surface area contributed by atoms with E-state index < -0.39 is 6.10 Å². The zero-order valence-electron chi connectivity index (χ0n) is 14.2. The highest BCUT2D eigenvalue weighted by Crippen LogP contribution is 2.29. The standard InChI is InChI=1S/C18H24N2O4/c1-22-13-8-9-16(23-2)14(10-13)15-11-17(24-20-15)18(21)19-12-6-4-3-5-7-12/h8-10,12,17H,3-7,11H2,1-2H3,(H,19,21). The number of oxime groups is 1. The van der Waals surface area contributed by atoms with Crippen LogP contribution in [0.25, 0.3) is 0 Å². The van der Waals surface area contributed by atoms with Crippen LogP contribution < -0.4 is 14.8 Å². The summed E-state index contributed by atoms with van der Waals surface area (Å²) in [5.74, 6) is 1.32. The first-order chi connectivity index (χ1) is 11.7. The second-order valence-corrected chi connectivity index (χ2v) is 6.25. The summed E-state index contributed by atoms with van der Waals surface area (Å²) in [5.41, 5.74) is 1.50. The Balaban J connectivity index is 1.65. The van der Waals surface area contributed by atoms with E-state index in [0.29, 0.717) is 23.6 Å². The van der Waals surface area contributed by atoms with Crippen LogP contribution in [0, 0.1) is 0 Å². The highest BCUT2D eigenvalue weighted by molar-refractivity contribution is 6.06. The van der Waals surface area contributed by atoms with Crippen LogP contribution in [0.1, 0.15) is 44.1 Å². The maximum Gasteiger partial charge on any atom is 0.264 e. The maximum absolute atomic E-state index is 12.4. The second-order valence-electron chi connectivity index (χ2n) is 6.25. The van der Waals surface area contributed by atoms with E-state index in [1.54, 1.807) is 14.2 Å². The van der Waals surface area contributed by atoms with Gasteiger partial charge in [0.1, 0.15) is 11.5 Å². The van der Waals surface area contributed by atoms with Crippen molar-refractivity contribution < 1.29 is 19.1 Å². The minimum atomic E-state index is -0.571. The number of methoxy groups -OCH3 is 2. The summed E-state index contributed by atoms with van der Waals surface area (Å²) in [6.07, 6.45) is 5.58. The highest BCUT2D eigenvalue weighted by atomic mass is 16.6. The minimum Gasteiger partial charge on any atom is -0.497 e. The molecule has 1 atom stereocenters. The summed E-state index contributed by atoms with van der Waals surface area (Å²) in [4.78, 5) is 17.8. The van der Waals surface area contributed by atoms with Gasteiger partial charge in [-0.1, -0.05) is 24.4 Å². The molecule has 0 aromatic heterocycles. The van der Waals surface area contributed by atoms with Gasteiger partial charge in [0.2, 0.25) is 6.10 Å². The molecular formula is C18H24N2O4. The van der Waals surface area contributed by atoms with E-state index >= 15 is 0 Å². The van der Waals surface area contributed by atoms with E-state index in [0.717, 1.165) is 18.4 Å². The molecule has 1 aromatic rings. The Bertz CT molecular complexity index is 623. The van der Waals surface area contributed by atoms with Gasteiger partial charge in [0.05, 0.1) is 19.9 Å². The van der Waals surface area contributed by atoms with Crippen molar-refractivity contribution in [2.45, 2.75) is 50.7 Å². The van der Waals surface area contributed by atoms with Gasteiger partial charge in [0, 0.05) is 18.0 Å². The Labute approximate surface area is 142 Å². The van der Waals surface area contributed by atoms with Gasteiger partial charge in [0.25, 0.3) is 5.91 Å². The lowest BCUT2D eigenvalue weighted by Crippen LogP contribution is -2.42. The molecule has 3 rings (SSSR count). The third-order valence-corrected chi connectivity index (χ3v) is 4.63. The van der Waals surface area contributed by atoms with E-state index in [1.165, 1.54) is 19.3 Å². The van der Waals surface area contributed by atoms with Gasteiger partial charge in [-0.2, -0.15) is 0 Å². The van der Waals surface area contributed by atoms with E-state index in [1.807, 2.05) is 18.2 Å². The van der Waals surface area contributed by atoms with E-state index in [9.17, 15) is 4.79 Å². The van der Waals surface area contributed by atoms with Crippen molar-refractivity contribution >= 4 is 11.6 Å². The van der Waals surface area contributed by atoms with E-state index in [2.05, 4.69) is 10.5 Å².